The van der Waals surface area contributed by atoms with Crippen LogP contribution in [-0.4, -0.2) is 0 Å². The standard InChI is InChI=1S/C22H12BrClO/c23-20-11-15(9-14-3-1-2-4-17(14)20)13-5-7-21-18(10-13)19-12-16(24)6-8-22(19)25-21/h1-12H. The highest BCUT2D eigenvalue weighted by Crippen LogP contribution is 2.36. The molecular weight excluding hydrogens is 396 g/mol. The van der Waals surface area contributed by atoms with E-state index in [1.165, 1.54) is 16.3 Å². The lowest BCUT2D eigenvalue weighted by Gasteiger charge is -2.07. The highest BCUT2D eigenvalue weighted by Gasteiger charge is 2.10. The van der Waals surface area contributed by atoms with Gasteiger partial charge in [0.25, 0.3) is 0 Å². The van der Waals surface area contributed by atoms with E-state index in [0.717, 1.165) is 32.0 Å². The molecule has 0 spiro atoms. The molecule has 0 unspecified atom stereocenters. The van der Waals surface area contributed by atoms with Crippen molar-refractivity contribution in [3.05, 3.63) is 82.3 Å². The van der Waals surface area contributed by atoms with Crippen LogP contribution in [0.4, 0.5) is 0 Å². The van der Waals surface area contributed by atoms with Crippen LogP contribution in [0.1, 0.15) is 0 Å². The Hall–Kier alpha value is -2.29. The SMILES string of the molecule is Clc1ccc2oc3ccc(-c4cc(Br)c5ccccc5c4)cc3c2c1. The third-order valence-corrected chi connectivity index (χ3v) is 5.47. The average molecular weight is 408 g/mol. The van der Waals surface area contributed by atoms with Crippen LogP contribution >= 0.6 is 27.5 Å². The van der Waals surface area contributed by atoms with Crippen molar-refractivity contribution in [2.24, 2.45) is 0 Å². The summed E-state index contributed by atoms with van der Waals surface area (Å²) >= 11 is 9.87. The summed E-state index contributed by atoms with van der Waals surface area (Å²) < 4.78 is 7.02. The molecule has 0 atom stereocenters. The molecule has 0 aliphatic carbocycles. The number of rotatable bonds is 1. The Morgan fingerprint density at radius 3 is 2.32 bits per heavy atom. The lowest BCUT2D eigenvalue weighted by Crippen LogP contribution is -1.81. The van der Waals surface area contributed by atoms with Crippen LogP contribution in [0.5, 0.6) is 0 Å². The van der Waals surface area contributed by atoms with Crippen molar-refractivity contribution in [2.45, 2.75) is 0 Å². The quantitative estimate of drug-likeness (QED) is 0.276. The first-order valence-corrected chi connectivity index (χ1v) is 9.17. The fraction of sp³-hybridized carbons (Fsp3) is 0. The van der Waals surface area contributed by atoms with Gasteiger partial charge in [-0.25, -0.2) is 0 Å². The predicted octanol–water partition coefficient (Wildman–Crippen LogP) is 7.82. The van der Waals surface area contributed by atoms with Gasteiger partial charge in [0.05, 0.1) is 0 Å². The van der Waals surface area contributed by atoms with Gasteiger partial charge < -0.3 is 4.42 Å². The third-order valence-electron chi connectivity index (χ3n) is 4.58. The van der Waals surface area contributed by atoms with Gasteiger partial charge in [0.15, 0.2) is 0 Å². The van der Waals surface area contributed by atoms with E-state index in [-0.39, 0.29) is 0 Å². The summed E-state index contributed by atoms with van der Waals surface area (Å²) in [5.41, 5.74) is 4.06. The Bertz CT molecular complexity index is 1270. The van der Waals surface area contributed by atoms with Crippen LogP contribution in [0.25, 0.3) is 43.8 Å². The zero-order valence-corrected chi connectivity index (χ0v) is 15.4. The number of hydrogen-bond donors (Lipinski definition) is 0. The summed E-state index contributed by atoms with van der Waals surface area (Å²) in [7, 11) is 0. The second kappa shape index (κ2) is 5.62. The Balaban J connectivity index is 1.78. The van der Waals surface area contributed by atoms with Crippen molar-refractivity contribution in [3.8, 4) is 11.1 Å². The Morgan fingerprint density at radius 2 is 1.44 bits per heavy atom. The second-order valence-electron chi connectivity index (χ2n) is 6.13. The van der Waals surface area contributed by atoms with Gasteiger partial charge in [0, 0.05) is 20.3 Å². The summed E-state index contributed by atoms with van der Waals surface area (Å²) in [4.78, 5) is 0. The first-order chi connectivity index (χ1) is 12.2. The van der Waals surface area contributed by atoms with E-state index in [9.17, 15) is 0 Å². The third kappa shape index (κ3) is 2.45. The van der Waals surface area contributed by atoms with Crippen LogP contribution < -0.4 is 0 Å². The van der Waals surface area contributed by atoms with Crippen LogP contribution in [0.3, 0.4) is 0 Å². The highest BCUT2D eigenvalue weighted by atomic mass is 79.9. The fourth-order valence-electron chi connectivity index (χ4n) is 3.36. The zero-order valence-electron chi connectivity index (χ0n) is 13.1. The predicted molar refractivity (Wildman–Crippen MR) is 109 cm³/mol. The molecule has 120 valence electrons. The molecule has 25 heavy (non-hydrogen) atoms. The summed E-state index contributed by atoms with van der Waals surface area (Å²) in [6.07, 6.45) is 0. The van der Waals surface area contributed by atoms with Gasteiger partial charge in [-0.15, -0.1) is 0 Å². The molecule has 5 aromatic rings. The second-order valence-corrected chi connectivity index (χ2v) is 7.42. The molecule has 0 aliphatic rings. The van der Waals surface area contributed by atoms with Crippen molar-refractivity contribution >= 4 is 60.2 Å². The monoisotopic (exact) mass is 406 g/mol. The Morgan fingerprint density at radius 1 is 0.680 bits per heavy atom. The number of furan rings is 1. The summed E-state index contributed by atoms with van der Waals surface area (Å²) in [6, 6.07) is 24.8. The van der Waals surface area contributed by atoms with Gasteiger partial charge in [-0.1, -0.05) is 57.9 Å². The van der Waals surface area contributed by atoms with Gasteiger partial charge in [0.1, 0.15) is 11.2 Å². The first-order valence-electron chi connectivity index (χ1n) is 7.99. The van der Waals surface area contributed by atoms with Crippen LogP contribution in [0.2, 0.25) is 5.02 Å². The molecule has 0 aliphatic heterocycles. The molecule has 1 heterocycles. The van der Waals surface area contributed by atoms with E-state index >= 15 is 0 Å². The first kappa shape index (κ1) is 15.0. The molecule has 0 fully saturated rings. The molecule has 5 rings (SSSR count). The van der Waals surface area contributed by atoms with E-state index in [0.29, 0.717) is 5.02 Å². The molecule has 3 heteroatoms. The average Bonchev–Trinajstić information content (AvgIpc) is 2.99. The molecule has 0 bridgehead atoms. The van der Waals surface area contributed by atoms with Crippen molar-refractivity contribution in [1.29, 1.82) is 0 Å². The van der Waals surface area contributed by atoms with Crippen molar-refractivity contribution < 1.29 is 4.42 Å². The van der Waals surface area contributed by atoms with Crippen molar-refractivity contribution in [2.75, 3.05) is 0 Å². The summed E-state index contributed by atoms with van der Waals surface area (Å²) in [6.45, 7) is 0. The highest BCUT2D eigenvalue weighted by molar-refractivity contribution is 9.10. The number of benzene rings is 4. The minimum absolute atomic E-state index is 0.717. The molecule has 0 amide bonds. The Labute approximate surface area is 157 Å². The molecule has 1 nitrogen and oxygen atoms in total. The summed E-state index contributed by atoms with van der Waals surface area (Å²) in [5.74, 6) is 0. The van der Waals surface area contributed by atoms with E-state index in [2.05, 4.69) is 64.5 Å². The van der Waals surface area contributed by atoms with E-state index in [4.69, 9.17) is 16.0 Å². The maximum absolute atomic E-state index is 6.17. The number of halogens is 2. The van der Waals surface area contributed by atoms with Gasteiger partial charge in [-0.2, -0.15) is 0 Å². The van der Waals surface area contributed by atoms with Gasteiger partial charge in [0.2, 0.25) is 0 Å². The van der Waals surface area contributed by atoms with E-state index in [1.54, 1.807) is 0 Å². The normalized spacial score (nSPS) is 11.6. The fourth-order valence-corrected chi connectivity index (χ4v) is 4.14. The molecule has 0 saturated heterocycles. The van der Waals surface area contributed by atoms with Gasteiger partial charge in [-0.3, -0.25) is 0 Å². The number of hydrogen-bond acceptors (Lipinski definition) is 1. The van der Waals surface area contributed by atoms with E-state index < -0.39 is 0 Å². The minimum Gasteiger partial charge on any atom is -0.456 e. The minimum atomic E-state index is 0.717. The maximum Gasteiger partial charge on any atom is 0.135 e. The zero-order chi connectivity index (χ0) is 17.0. The molecule has 0 saturated carbocycles. The van der Waals surface area contributed by atoms with Crippen LogP contribution in [0, 0.1) is 0 Å². The van der Waals surface area contributed by atoms with Crippen molar-refractivity contribution in [1.82, 2.24) is 0 Å². The maximum atomic E-state index is 6.17. The molecule has 1 aromatic heterocycles. The molecule has 4 aromatic carbocycles. The smallest absolute Gasteiger partial charge is 0.135 e. The number of fused-ring (bicyclic) bond motifs is 4. The molecule has 0 N–H and O–H groups in total. The van der Waals surface area contributed by atoms with Gasteiger partial charge in [-0.05, 0) is 64.4 Å². The van der Waals surface area contributed by atoms with E-state index in [1.807, 2.05) is 24.3 Å². The largest absolute Gasteiger partial charge is 0.456 e. The lowest BCUT2D eigenvalue weighted by molar-refractivity contribution is 0.669. The topological polar surface area (TPSA) is 13.1 Å². The van der Waals surface area contributed by atoms with Crippen LogP contribution in [0.15, 0.2) is 81.7 Å². The summed E-state index contributed by atoms with van der Waals surface area (Å²) in [5, 5.41) is 5.28. The van der Waals surface area contributed by atoms with Crippen LogP contribution in [-0.2, 0) is 0 Å². The Kier molecular flexibility index (Phi) is 3.37. The lowest BCUT2D eigenvalue weighted by atomic mass is 9.99. The molecular formula is C22H12BrClO. The van der Waals surface area contributed by atoms with Crippen molar-refractivity contribution in [3.63, 3.8) is 0 Å². The van der Waals surface area contributed by atoms with Gasteiger partial charge >= 0.3 is 0 Å². The molecule has 0 radical (unpaired) electrons.